The van der Waals surface area contributed by atoms with E-state index in [1.54, 1.807) is 12.1 Å². The molecule has 1 aliphatic rings. The van der Waals surface area contributed by atoms with Gasteiger partial charge in [0.1, 0.15) is 5.75 Å². The van der Waals surface area contributed by atoms with Gasteiger partial charge >= 0.3 is 0 Å². The number of aromatic hydroxyl groups is 1. The number of nitrogens with zero attached hydrogens (tertiary/aromatic N) is 1. The first-order chi connectivity index (χ1) is 9.44. The number of benzene rings is 1. The molecule has 0 spiro atoms. The molecular formula is C17H27NO2. The van der Waals surface area contributed by atoms with Crippen molar-refractivity contribution in [3.05, 3.63) is 29.8 Å². The van der Waals surface area contributed by atoms with Gasteiger partial charge in [0.2, 0.25) is 0 Å². The van der Waals surface area contributed by atoms with Gasteiger partial charge in [-0.3, -0.25) is 0 Å². The Bertz CT molecular complexity index is 419. The van der Waals surface area contributed by atoms with Gasteiger partial charge in [-0.05, 0) is 63.4 Å². The summed E-state index contributed by atoms with van der Waals surface area (Å²) in [4.78, 5) is 2.21. The standard InChI is InChI=1S/C17H27NO2/c1-13-8-10-17(11-9-13,18(2)3)16(20)12-14-4-6-15(19)7-5-14/h4-7,13,16,19-20H,8-12H2,1-3H3. The molecule has 1 aromatic rings. The van der Waals surface area contributed by atoms with E-state index in [2.05, 4.69) is 25.9 Å². The summed E-state index contributed by atoms with van der Waals surface area (Å²) in [6.45, 7) is 2.30. The lowest BCUT2D eigenvalue weighted by molar-refractivity contribution is -0.0382. The van der Waals surface area contributed by atoms with Crippen molar-refractivity contribution in [1.82, 2.24) is 4.90 Å². The Morgan fingerprint density at radius 1 is 1.20 bits per heavy atom. The van der Waals surface area contributed by atoms with Crippen molar-refractivity contribution in [3.63, 3.8) is 0 Å². The van der Waals surface area contributed by atoms with Crippen LogP contribution < -0.4 is 0 Å². The van der Waals surface area contributed by atoms with Gasteiger partial charge in [0.05, 0.1) is 6.10 Å². The van der Waals surface area contributed by atoms with Gasteiger partial charge in [0.15, 0.2) is 0 Å². The summed E-state index contributed by atoms with van der Waals surface area (Å²) in [6, 6.07) is 7.17. The van der Waals surface area contributed by atoms with Gasteiger partial charge in [0.25, 0.3) is 0 Å². The monoisotopic (exact) mass is 277 g/mol. The highest BCUT2D eigenvalue weighted by molar-refractivity contribution is 5.26. The minimum Gasteiger partial charge on any atom is -0.508 e. The van der Waals surface area contributed by atoms with Crippen LogP contribution in [0.25, 0.3) is 0 Å². The van der Waals surface area contributed by atoms with E-state index in [4.69, 9.17) is 0 Å². The Morgan fingerprint density at radius 3 is 2.25 bits per heavy atom. The molecule has 0 heterocycles. The first kappa shape index (κ1) is 15.3. The van der Waals surface area contributed by atoms with E-state index in [0.29, 0.717) is 6.42 Å². The van der Waals surface area contributed by atoms with Crippen molar-refractivity contribution < 1.29 is 10.2 Å². The maximum Gasteiger partial charge on any atom is 0.115 e. The maximum atomic E-state index is 10.8. The molecule has 1 aliphatic carbocycles. The number of hydrogen-bond donors (Lipinski definition) is 2. The third-order valence-electron chi connectivity index (χ3n) is 5.02. The maximum absolute atomic E-state index is 10.8. The van der Waals surface area contributed by atoms with Crippen LogP contribution in [0, 0.1) is 5.92 Å². The molecule has 3 nitrogen and oxygen atoms in total. The molecule has 112 valence electrons. The average Bonchev–Trinajstić information content (AvgIpc) is 2.42. The molecule has 0 aromatic heterocycles. The van der Waals surface area contributed by atoms with Crippen LogP contribution in [-0.2, 0) is 6.42 Å². The quantitative estimate of drug-likeness (QED) is 0.889. The Morgan fingerprint density at radius 2 is 1.75 bits per heavy atom. The number of aliphatic hydroxyl groups excluding tert-OH is 1. The van der Waals surface area contributed by atoms with E-state index in [0.717, 1.165) is 24.3 Å². The summed E-state index contributed by atoms with van der Waals surface area (Å²) in [5.74, 6) is 1.04. The molecule has 3 heteroatoms. The second-order valence-corrected chi connectivity index (χ2v) is 6.57. The van der Waals surface area contributed by atoms with Gasteiger partial charge in [-0.1, -0.05) is 19.1 Å². The SMILES string of the molecule is CC1CCC(C(O)Cc2ccc(O)cc2)(N(C)C)CC1. The first-order valence-corrected chi connectivity index (χ1v) is 7.57. The van der Waals surface area contributed by atoms with E-state index in [9.17, 15) is 10.2 Å². The fraction of sp³-hybridized carbons (Fsp3) is 0.647. The molecule has 0 saturated heterocycles. The molecule has 0 amide bonds. The molecule has 1 fully saturated rings. The van der Waals surface area contributed by atoms with Crippen LogP contribution in [0.2, 0.25) is 0 Å². The molecule has 1 saturated carbocycles. The van der Waals surface area contributed by atoms with Crippen LogP contribution in [0.4, 0.5) is 0 Å². The number of rotatable bonds is 4. The Hall–Kier alpha value is -1.06. The fourth-order valence-corrected chi connectivity index (χ4v) is 3.39. The molecule has 0 aliphatic heterocycles. The summed E-state index contributed by atoms with van der Waals surface area (Å²) >= 11 is 0. The molecule has 20 heavy (non-hydrogen) atoms. The lowest BCUT2D eigenvalue weighted by atomic mass is 9.72. The van der Waals surface area contributed by atoms with Crippen LogP contribution >= 0.6 is 0 Å². The number of aliphatic hydroxyl groups is 1. The highest BCUT2D eigenvalue weighted by Crippen LogP contribution is 2.38. The zero-order valence-electron chi connectivity index (χ0n) is 12.8. The topological polar surface area (TPSA) is 43.7 Å². The van der Waals surface area contributed by atoms with Crippen molar-refractivity contribution in [2.24, 2.45) is 5.92 Å². The van der Waals surface area contributed by atoms with Crippen molar-refractivity contribution >= 4 is 0 Å². The normalized spacial score (nSPS) is 28.6. The first-order valence-electron chi connectivity index (χ1n) is 7.57. The van der Waals surface area contributed by atoms with Crippen molar-refractivity contribution in [2.75, 3.05) is 14.1 Å². The number of hydrogen-bond acceptors (Lipinski definition) is 3. The molecule has 1 atom stereocenters. The number of phenols is 1. The summed E-state index contributed by atoms with van der Waals surface area (Å²) in [6.07, 6.45) is 4.76. The van der Waals surface area contributed by atoms with Crippen LogP contribution in [0.5, 0.6) is 5.75 Å². The van der Waals surface area contributed by atoms with Crippen LogP contribution in [-0.4, -0.2) is 40.9 Å². The van der Waals surface area contributed by atoms with E-state index >= 15 is 0 Å². The molecule has 2 N–H and O–H groups in total. The predicted octanol–water partition coefficient (Wildman–Crippen LogP) is 2.81. The van der Waals surface area contributed by atoms with Crippen LogP contribution in [0.1, 0.15) is 38.2 Å². The summed E-state index contributed by atoms with van der Waals surface area (Å²) in [5, 5.41) is 20.1. The number of likely N-dealkylation sites (N-methyl/N-ethyl adjacent to an activating group) is 1. The Labute approximate surface area is 122 Å². The second-order valence-electron chi connectivity index (χ2n) is 6.57. The molecule has 2 rings (SSSR count). The molecule has 1 aromatic carbocycles. The fourth-order valence-electron chi connectivity index (χ4n) is 3.39. The summed E-state index contributed by atoms with van der Waals surface area (Å²) in [5.41, 5.74) is 0.972. The lowest BCUT2D eigenvalue weighted by Crippen LogP contribution is -2.56. The van der Waals surface area contributed by atoms with E-state index in [-0.39, 0.29) is 17.4 Å². The van der Waals surface area contributed by atoms with E-state index < -0.39 is 0 Å². The predicted molar refractivity (Wildman–Crippen MR) is 81.9 cm³/mol. The van der Waals surface area contributed by atoms with Gasteiger partial charge in [-0.25, -0.2) is 0 Å². The van der Waals surface area contributed by atoms with Gasteiger partial charge < -0.3 is 15.1 Å². The smallest absolute Gasteiger partial charge is 0.115 e. The molecule has 0 bridgehead atoms. The number of phenolic OH excluding ortho intramolecular Hbond substituents is 1. The van der Waals surface area contributed by atoms with Crippen molar-refractivity contribution in [3.8, 4) is 5.75 Å². The van der Waals surface area contributed by atoms with Gasteiger partial charge in [-0.15, -0.1) is 0 Å². The average molecular weight is 277 g/mol. The molecule has 0 radical (unpaired) electrons. The molecule has 1 unspecified atom stereocenters. The minimum atomic E-state index is -0.366. The van der Waals surface area contributed by atoms with E-state index in [1.165, 1.54) is 12.8 Å². The zero-order chi connectivity index (χ0) is 14.8. The van der Waals surface area contributed by atoms with Gasteiger partial charge in [0, 0.05) is 12.0 Å². The Balaban J connectivity index is 2.11. The van der Waals surface area contributed by atoms with Crippen LogP contribution in [0.15, 0.2) is 24.3 Å². The highest BCUT2D eigenvalue weighted by Gasteiger charge is 2.42. The zero-order valence-corrected chi connectivity index (χ0v) is 12.8. The summed E-state index contributed by atoms with van der Waals surface area (Å²) in [7, 11) is 4.16. The second kappa shape index (κ2) is 6.15. The van der Waals surface area contributed by atoms with Crippen molar-refractivity contribution in [2.45, 2.75) is 50.7 Å². The summed E-state index contributed by atoms with van der Waals surface area (Å²) < 4.78 is 0. The third-order valence-corrected chi connectivity index (χ3v) is 5.02. The third kappa shape index (κ3) is 3.15. The Kier molecular flexibility index (Phi) is 4.71. The minimum absolute atomic E-state index is 0.107. The molecular weight excluding hydrogens is 250 g/mol. The van der Waals surface area contributed by atoms with Gasteiger partial charge in [-0.2, -0.15) is 0 Å². The highest BCUT2D eigenvalue weighted by atomic mass is 16.3. The largest absolute Gasteiger partial charge is 0.508 e. The lowest BCUT2D eigenvalue weighted by Gasteiger charge is -2.47. The van der Waals surface area contributed by atoms with Crippen LogP contribution in [0.3, 0.4) is 0 Å². The van der Waals surface area contributed by atoms with Crippen molar-refractivity contribution in [1.29, 1.82) is 0 Å². The van der Waals surface area contributed by atoms with E-state index in [1.807, 2.05) is 12.1 Å².